The monoisotopic (exact) mass is 284 g/mol. The van der Waals surface area contributed by atoms with Crippen LogP contribution in [0, 0.1) is 5.92 Å². The molecule has 21 heavy (non-hydrogen) atoms. The van der Waals surface area contributed by atoms with Gasteiger partial charge < -0.3 is 10.5 Å². The van der Waals surface area contributed by atoms with E-state index in [2.05, 4.69) is 30.1 Å². The molecule has 112 valence electrons. The Morgan fingerprint density at radius 1 is 1.38 bits per heavy atom. The first-order chi connectivity index (χ1) is 10.2. The average molecular weight is 284 g/mol. The molecule has 3 rings (SSSR count). The minimum Gasteiger partial charge on any atom is -0.376 e. The van der Waals surface area contributed by atoms with Gasteiger partial charge in [0, 0.05) is 24.9 Å². The summed E-state index contributed by atoms with van der Waals surface area (Å²) in [5.74, 6) is 0.665. The van der Waals surface area contributed by atoms with Crippen molar-refractivity contribution in [2.24, 2.45) is 11.7 Å². The molecule has 1 saturated carbocycles. The zero-order chi connectivity index (χ0) is 14.9. The number of rotatable bonds is 3. The predicted molar refractivity (Wildman–Crippen MR) is 86.0 cm³/mol. The number of hydrogen-bond acceptors (Lipinski definition) is 3. The van der Waals surface area contributed by atoms with Gasteiger partial charge in [-0.3, -0.25) is 4.98 Å². The number of nitrogens with zero attached hydrogens (tertiary/aromatic N) is 1. The van der Waals surface area contributed by atoms with Crippen LogP contribution in [0.15, 0.2) is 36.7 Å². The van der Waals surface area contributed by atoms with E-state index in [0.29, 0.717) is 5.92 Å². The molecule has 0 bridgehead atoms. The van der Waals surface area contributed by atoms with Gasteiger partial charge in [-0.1, -0.05) is 38.0 Å². The molecule has 3 heteroatoms. The molecule has 0 saturated heterocycles. The van der Waals surface area contributed by atoms with E-state index < -0.39 is 0 Å². The maximum Gasteiger partial charge on any atom is 0.0873 e. The summed E-state index contributed by atoms with van der Waals surface area (Å²) in [4.78, 5) is 4.27. The smallest absolute Gasteiger partial charge is 0.0873 e. The summed E-state index contributed by atoms with van der Waals surface area (Å²) in [7, 11) is 1.81. The number of methoxy groups -OCH3 is 1. The summed E-state index contributed by atoms with van der Waals surface area (Å²) in [6.45, 7) is 2.30. The summed E-state index contributed by atoms with van der Waals surface area (Å²) in [5, 5.41) is 2.33. The zero-order valence-electron chi connectivity index (χ0n) is 12.9. The lowest BCUT2D eigenvalue weighted by Gasteiger charge is -2.43. The minimum atomic E-state index is -0.248. The van der Waals surface area contributed by atoms with Crippen LogP contribution in [0.2, 0.25) is 0 Å². The Hall–Kier alpha value is -1.45. The van der Waals surface area contributed by atoms with Crippen LogP contribution in [0.4, 0.5) is 0 Å². The van der Waals surface area contributed by atoms with E-state index in [4.69, 9.17) is 10.5 Å². The largest absolute Gasteiger partial charge is 0.376 e. The number of aromatic nitrogens is 1. The molecule has 0 amide bonds. The Labute approximate surface area is 126 Å². The second-order valence-electron chi connectivity index (χ2n) is 6.39. The van der Waals surface area contributed by atoms with Gasteiger partial charge in [-0.05, 0) is 35.8 Å². The van der Waals surface area contributed by atoms with Gasteiger partial charge in [0.1, 0.15) is 0 Å². The minimum absolute atomic E-state index is 0.113. The highest BCUT2D eigenvalue weighted by molar-refractivity contribution is 5.85. The quantitative estimate of drug-likeness (QED) is 0.931. The van der Waals surface area contributed by atoms with Gasteiger partial charge in [0.25, 0.3) is 0 Å². The summed E-state index contributed by atoms with van der Waals surface area (Å²) >= 11 is 0. The fourth-order valence-corrected chi connectivity index (χ4v) is 3.83. The Morgan fingerprint density at radius 3 is 3.00 bits per heavy atom. The highest BCUT2D eigenvalue weighted by Gasteiger charge is 2.41. The van der Waals surface area contributed by atoms with Crippen LogP contribution in [0.5, 0.6) is 0 Å². The maximum atomic E-state index is 6.69. The van der Waals surface area contributed by atoms with Crippen LogP contribution in [0.3, 0.4) is 0 Å². The first-order valence-electron chi connectivity index (χ1n) is 7.80. The summed E-state index contributed by atoms with van der Waals surface area (Å²) in [6, 6.07) is 8.23. The van der Waals surface area contributed by atoms with E-state index in [0.717, 1.165) is 23.8 Å². The summed E-state index contributed by atoms with van der Waals surface area (Å²) in [6.07, 6.45) is 8.26. The van der Waals surface area contributed by atoms with E-state index in [9.17, 15) is 0 Å². The molecule has 2 aromatic rings. The Kier molecular flexibility index (Phi) is 3.96. The van der Waals surface area contributed by atoms with Crippen molar-refractivity contribution in [2.75, 3.05) is 7.11 Å². The van der Waals surface area contributed by atoms with Crippen molar-refractivity contribution in [3.8, 4) is 0 Å². The fourth-order valence-electron chi connectivity index (χ4n) is 3.83. The van der Waals surface area contributed by atoms with Crippen molar-refractivity contribution in [3.05, 3.63) is 42.2 Å². The SMILES string of the molecule is COC1(C(N)c2cccc3ccncc23)CCCC(C)C1. The number of pyridine rings is 1. The van der Waals surface area contributed by atoms with E-state index in [1.807, 2.05) is 18.5 Å². The van der Waals surface area contributed by atoms with Gasteiger partial charge in [0.05, 0.1) is 11.6 Å². The lowest BCUT2D eigenvalue weighted by molar-refractivity contribution is -0.0715. The van der Waals surface area contributed by atoms with E-state index in [1.54, 1.807) is 7.11 Å². The van der Waals surface area contributed by atoms with Crippen LogP contribution >= 0.6 is 0 Å². The highest BCUT2D eigenvalue weighted by atomic mass is 16.5. The van der Waals surface area contributed by atoms with Gasteiger partial charge in [0.15, 0.2) is 0 Å². The standard InChI is InChI=1S/C18H24N2O/c1-13-5-4-9-18(11-13,21-2)17(19)15-7-3-6-14-8-10-20-12-16(14)15/h3,6-8,10,12-13,17H,4-5,9,11,19H2,1-2H3. The van der Waals surface area contributed by atoms with Gasteiger partial charge in [0.2, 0.25) is 0 Å². The summed E-state index contributed by atoms with van der Waals surface area (Å²) < 4.78 is 5.97. The van der Waals surface area contributed by atoms with Gasteiger partial charge >= 0.3 is 0 Å². The summed E-state index contributed by atoms with van der Waals surface area (Å²) in [5.41, 5.74) is 7.59. The average Bonchev–Trinajstić information content (AvgIpc) is 2.53. The van der Waals surface area contributed by atoms with Crippen LogP contribution in [-0.4, -0.2) is 17.7 Å². The van der Waals surface area contributed by atoms with Crippen molar-refractivity contribution in [1.29, 1.82) is 0 Å². The Bertz CT molecular complexity index is 622. The lowest BCUT2D eigenvalue weighted by Crippen LogP contribution is -2.46. The number of nitrogens with two attached hydrogens (primary N) is 1. The van der Waals surface area contributed by atoms with E-state index in [1.165, 1.54) is 18.2 Å². The molecule has 2 N–H and O–H groups in total. The van der Waals surface area contributed by atoms with Crippen molar-refractivity contribution in [1.82, 2.24) is 4.98 Å². The molecule has 0 aliphatic heterocycles. The number of benzene rings is 1. The van der Waals surface area contributed by atoms with Crippen LogP contribution in [-0.2, 0) is 4.74 Å². The second-order valence-corrected chi connectivity index (χ2v) is 6.39. The molecule has 3 nitrogen and oxygen atoms in total. The molecule has 3 atom stereocenters. The number of hydrogen-bond donors (Lipinski definition) is 1. The molecule has 1 aliphatic rings. The van der Waals surface area contributed by atoms with Crippen molar-refractivity contribution >= 4 is 10.8 Å². The third kappa shape index (κ3) is 2.56. The first-order valence-corrected chi connectivity index (χ1v) is 7.80. The molecule has 1 aromatic heterocycles. The lowest BCUT2D eigenvalue weighted by atomic mass is 9.72. The van der Waals surface area contributed by atoms with E-state index >= 15 is 0 Å². The van der Waals surface area contributed by atoms with Crippen molar-refractivity contribution in [3.63, 3.8) is 0 Å². The third-order valence-corrected chi connectivity index (χ3v) is 5.02. The number of ether oxygens (including phenoxy) is 1. The molecular formula is C18H24N2O. The molecule has 1 aromatic carbocycles. The molecule has 1 fully saturated rings. The Balaban J connectivity index is 2.04. The van der Waals surface area contributed by atoms with Gasteiger partial charge in [-0.15, -0.1) is 0 Å². The maximum absolute atomic E-state index is 6.69. The molecule has 1 heterocycles. The molecule has 3 unspecified atom stereocenters. The third-order valence-electron chi connectivity index (χ3n) is 5.02. The first kappa shape index (κ1) is 14.5. The second kappa shape index (κ2) is 5.74. The van der Waals surface area contributed by atoms with Crippen LogP contribution in [0.25, 0.3) is 10.8 Å². The molecule has 1 aliphatic carbocycles. The van der Waals surface area contributed by atoms with Crippen molar-refractivity contribution < 1.29 is 4.74 Å². The van der Waals surface area contributed by atoms with E-state index in [-0.39, 0.29) is 11.6 Å². The highest BCUT2D eigenvalue weighted by Crippen LogP contribution is 2.43. The zero-order valence-corrected chi connectivity index (χ0v) is 12.9. The normalized spacial score (nSPS) is 27.7. The molecular weight excluding hydrogens is 260 g/mol. The molecule has 0 radical (unpaired) electrons. The topological polar surface area (TPSA) is 48.1 Å². The number of fused-ring (bicyclic) bond motifs is 1. The Morgan fingerprint density at radius 2 is 2.24 bits per heavy atom. The van der Waals surface area contributed by atoms with Crippen LogP contribution < -0.4 is 5.73 Å². The predicted octanol–water partition coefficient (Wildman–Crippen LogP) is 3.83. The molecule has 0 spiro atoms. The van der Waals surface area contributed by atoms with Gasteiger partial charge in [-0.2, -0.15) is 0 Å². The fraction of sp³-hybridized carbons (Fsp3) is 0.500. The van der Waals surface area contributed by atoms with Crippen LogP contribution in [0.1, 0.15) is 44.2 Å². The van der Waals surface area contributed by atoms with Crippen molar-refractivity contribution in [2.45, 2.75) is 44.2 Å². The van der Waals surface area contributed by atoms with Gasteiger partial charge in [-0.25, -0.2) is 0 Å².